The molecule has 3 aromatic rings. The number of fused-ring (bicyclic) bond motifs is 1. The minimum Gasteiger partial charge on any atom is -0.331 e. The Balaban J connectivity index is 2.17. The first kappa shape index (κ1) is 11.0. The van der Waals surface area contributed by atoms with E-state index in [0.717, 1.165) is 27.4 Å². The highest BCUT2D eigenvalue weighted by atomic mass is 35.5. The zero-order chi connectivity index (χ0) is 11.8. The first-order valence-electron chi connectivity index (χ1n) is 5.14. The van der Waals surface area contributed by atoms with Gasteiger partial charge >= 0.3 is 0 Å². The van der Waals surface area contributed by atoms with Crippen LogP contribution in [0, 0.1) is 4.77 Å². The number of rotatable bonds is 2. The molecule has 0 saturated carbocycles. The largest absolute Gasteiger partial charge is 0.331 e. The van der Waals surface area contributed by atoms with E-state index in [2.05, 4.69) is 21.0 Å². The van der Waals surface area contributed by atoms with Crippen LogP contribution in [-0.2, 0) is 6.54 Å². The maximum atomic E-state index is 6.02. The van der Waals surface area contributed by atoms with Crippen LogP contribution in [0.3, 0.4) is 0 Å². The molecule has 0 fully saturated rings. The van der Waals surface area contributed by atoms with Crippen LogP contribution < -0.4 is 0 Å². The van der Waals surface area contributed by atoms with Gasteiger partial charge in [0.2, 0.25) is 0 Å². The van der Waals surface area contributed by atoms with Crippen LogP contribution in [0.15, 0.2) is 35.7 Å². The van der Waals surface area contributed by atoms with Gasteiger partial charge in [0.15, 0.2) is 4.77 Å². The fourth-order valence-electron chi connectivity index (χ4n) is 1.84. The summed E-state index contributed by atoms with van der Waals surface area (Å²) in [5.41, 5.74) is 2.08. The minimum absolute atomic E-state index is 0.728. The maximum absolute atomic E-state index is 6.02. The number of halogens is 1. The second kappa shape index (κ2) is 4.29. The van der Waals surface area contributed by atoms with Gasteiger partial charge in [0.25, 0.3) is 0 Å². The summed E-state index contributed by atoms with van der Waals surface area (Å²) < 4.78 is 2.80. The quantitative estimate of drug-likeness (QED) is 0.687. The standard InChI is InChI=1S/C12H9ClN2S2/c13-8-3-4-10-11(6-8)15(12(16)14-10)7-9-2-1-5-17-9/h1-6H,7H2,(H,14,16). The molecule has 0 aliphatic carbocycles. The summed E-state index contributed by atoms with van der Waals surface area (Å²) in [5.74, 6) is 0. The van der Waals surface area contributed by atoms with Crippen LogP contribution in [0.1, 0.15) is 4.88 Å². The average Bonchev–Trinajstić information content (AvgIpc) is 2.90. The lowest BCUT2D eigenvalue weighted by atomic mass is 10.3. The van der Waals surface area contributed by atoms with Crippen molar-refractivity contribution in [2.24, 2.45) is 0 Å². The van der Waals surface area contributed by atoms with Gasteiger partial charge in [-0.2, -0.15) is 0 Å². The molecule has 0 bridgehead atoms. The molecular weight excluding hydrogens is 272 g/mol. The molecule has 2 aromatic heterocycles. The van der Waals surface area contributed by atoms with Crippen LogP contribution in [0.2, 0.25) is 5.02 Å². The van der Waals surface area contributed by atoms with Crippen LogP contribution in [0.5, 0.6) is 0 Å². The fourth-order valence-corrected chi connectivity index (χ4v) is 2.97. The van der Waals surface area contributed by atoms with Gasteiger partial charge in [-0.3, -0.25) is 0 Å². The molecule has 3 rings (SSSR count). The van der Waals surface area contributed by atoms with Crippen LogP contribution in [-0.4, -0.2) is 9.55 Å². The van der Waals surface area contributed by atoms with Gasteiger partial charge < -0.3 is 9.55 Å². The summed E-state index contributed by atoms with van der Waals surface area (Å²) in [7, 11) is 0. The lowest BCUT2D eigenvalue weighted by molar-refractivity contribution is 0.823. The number of nitrogens with zero attached hydrogens (tertiary/aromatic N) is 1. The molecule has 0 radical (unpaired) electrons. The van der Waals surface area contributed by atoms with Crippen molar-refractivity contribution in [2.45, 2.75) is 6.54 Å². The van der Waals surface area contributed by atoms with Crippen LogP contribution in [0.4, 0.5) is 0 Å². The van der Waals surface area contributed by atoms with Crippen molar-refractivity contribution in [3.05, 3.63) is 50.4 Å². The number of thiophene rings is 1. The number of imidazole rings is 1. The third-order valence-electron chi connectivity index (χ3n) is 2.63. The molecule has 1 N–H and O–H groups in total. The van der Waals surface area contributed by atoms with E-state index < -0.39 is 0 Å². The Labute approximate surface area is 112 Å². The van der Waals surface area contributed by atoms with Crippen molar-refractivity contribution in [2.75, 3.05) is 0 Å². The zero-order valence-electron chi connectivity index (χ0n) is 8.81. The number of aromatic amines is 1. The number of H-pyrrole nitrogens is 1. The molecule has 0 saturated heterocycles. The maximum Gasteiger partial charge on any atom is 0.178 e. The Kier molecular flexibility index (Phi) is 2.78. The van der Waals surface area contributed by atoms with E-state index in [9.17, 15) is 0 Å². The molecule has 17 heavy (non-hydrogen) atoms. The normalized spacial score (nSPS) is 11.1. The molecule has 0 aliphatic heterocycles. The van der Waals surface area contributed by atoms with Crippen molar-refractivity contribution in [1.29, 1.82) is 0 Å². The van der Waals surface area contributed by atoms with Gasteiger partial charge in [-0.15, -0.1) is 11.3 Å². The predicted molar refractivity (Wildman–Crippen MR) is 75.6 cm³/mol. The Bertz CT molecular complexity index is 710. The van der Waals surface area contributed by atoms with Crippen molar-refractivity contribution in [3.63, 3.8) is 0 Å². The first-order chi connectivity index (χ1) is 8.24. The fraction of sp³-hybridized carbons (Fsp3) is 0.0833. The average molecular weight is 281 g/mol. The van der Waals surface area contributed by atoms with E-state index in [1.165, 1.54) is 4.88 Å². The molecule has 2 nitrogen and oxygen atoms in total. The molecule has 86 valence electrons. The number of nitrogens with one attached hydrogen (secondary N) is 1. The van der Waals surface area contributed by atoms with E-state index in [4.69, 9.17) is 23.8 Å². The van der Waals surface area contributed by atoms with Crippen LogP contribution in [0.25, 0.3) is 11.0 Å². The van der Waals surface area contributed by atoms with E-state index in [0.29, 0.717) is 0 Å². The zero-order valence-corrected chi connectivity index (χ0v) is 11.2. The molecule has 0 atom stereocenters. The molecule has 5 heteroatoms. The van der Waals surface area contributed by atoms with E-state index in [-0.39, 0.29) is 0 Å². The summed E-state index contributed by atoms with van der Waals surface area (Å²) in [5, 5.41) is 2.80. The smallest absolute Gasteiger partial charge is 0.178 e. The van der Waals surface area contributed by atoms with Gasteiger partial charge in [0, 0.05) is 9.90 Å². The highest BCUT2D eigenvalue weighted by Crippen LogP contribution is 2.21. The second-order valence-electron chi connectivity index (χ2n) is 3.76. The molecule has 0 spiro atoms. The summed E-state index contributed by atoms with van der Waals surface area (Å²) >= 11 is 13.1. The Morgan fingerprint density at radius 1 is 1.35 bits per heavy atom. The summed E-state index contributed by atoms with van der Waals surface area (Å²) in [6.45, 7) is 0.789. The van der Waals surface area contributed by atoms with Gasteiger partial charge in [-0.25, -0.2) is 0 Å². The third-order valence-corrected chi connectivity index (χ3v) is 4.05. The molecule has 0 amide bonds. The topological polar surface area (TPSA) is 20.7 Å². The van der Waals surface area contributed by atoms with Gasteiger partial charge in [-0.1, -0.05) is 17.7 Å². The van der Waals surface area contributed by atoms with E-state index in [1.807, 2.05) is 24.3 Å². The lowest BCUT2D eigenvalue weighted by Crippen LogP contribution is -1.97. The number of benzene rings is 1. The van der Waals surface area contributed by atoms with Gasteiger partial charge in [0.05, 0.1) is 17.6 Å². The van der Waals surface area contributed by atoms with Gasteiger partial charge in [0.1, 0.15) is 0 Å². The lowest BCUT2D eigenvalue weighted by Gasteiger charge is -2.02. The Morgan fingerprint density at radius 2 is 2.24 bits per heavy atom. The molecule has 0 aliphatic rings. The summed E-state index contributed by atoms with van der Waals surface area (Å²) in [4.78, 5) is 4.47. The van der Waals surface area contributed by atoms with Crippen molar-refractivity contribution in [3.8, 4) is 0 Å². The number of hydrogen-bond acceptors (Lipinski definition) is 2. The van der Waals surface area contributed by atoms with Crippen molar-refractivity contribution in [1.82, 2.24) is 9.55 Å². The monoisotopic (exact) mass is 280 g/mol. The van der Waals surface area contributed by atoms with E-state index in [1.54, 1.807) is 11.3 Å². The third kappa shape index (κ3) is 2.04. The minimum atomic E-state index is 0.728. The Morgan fingerprint density at radius 3 is 3.00 bits per heavy atom. The van der Waals surface area contributed by atoms with Crippen LogP contribution >= 0.6 is 35.2 Å². The molecule has 0 unspecified atom stereocenters. The predicted octanol–water partition coefficient (Wildman–Crippen LogP) is 4.46. The molecular formula is C12H9ClN2S2. The van der Waals surface area contributed by atoms with Crippen molar-refractivity contribution >= 4 is 46.2 Å². The molecule has 1 aromatic carbocycles. The summed E-state index contributed by atoms with van der Waals surface area (Å²) in [6.07, 6.45) is 0. The Hall–Kier alpha value is -1.10. The van der Waals surface area contributed by atoms with Crippen molar-refractivity contribution < 1.29 is 0 Å². The SMILES string of the molecule is S=c1[nH]c2ccc(Cl)cc2n1Cc1cccs1. The first-order valence-corrected chi connectivity index (χ1v) is 6.81. The molecule has 2 heterocycles. The highest BCUT2D eigenvalue weighted by Gasteiger charge is 2.06. The summed E-state index contributed by atoms with van der Waals surface area (Å²) in [6, 6.07) is 9.92. The number of hydrogen-bond donors (Lipinski definition) is 1. The van der Waals surface area contributed by atoms with E-state index >= 15 is 0 Å². The number of aromatic nitrogens is 2. The van der Waals surface area contributed by atoms with Gasteiger partial charge in [-0.05, 0) is 41.9 Å². The second-order valence-corrected chi connectivity index (χ2v) is 5.61. The highest BCUT2D eigenvalue weighted by molar-refractivity contribution is 7.71.